The molecule has 8 heteroatoms. The van der Waals surface area contributed by atoms with Crippen LogP contribution >= 0.6 is 11.6 Å². The van der Waals surface area contributed by atoms with E-state index in [1.807, 2.05) is 0 Å². The molecule has 2 aromatic rings. The van der Waals surface area contributed by atoms with Gasteiger partial charge in [0.1, 0.15) is 18.1 Å². The van der Waals surface area contributed by atoms with Crippen LogP contribution in [0.3, 0.4) is 0 Å². The summed E-state index contributed by atoms with van der Waals surface area (Å²) in [6.45, 7) is 2.09. The Morgan fingerprint density at radius 3 is 2.68 bits per heavy atom. The van der Waals surface area contributed by atoms with Crippen LogP contribution in [-0.4, -0.2) is 56.2 Å². The second kappa shape index (κ2) is 9.61. The molecule has 2 amide bonds. The molecule has 1 fully saturated rings. The van der Waals surface area contributed by atoms with Gasteiger partial charge in [0, 0.05) is 45.1 Å². The fourth-order valence-corrected chi connectivity index (χ4v) is 3.26. The van der Waals surface area contributed by atoms with Gasteiger partial charge < -0.3 is 24.1 Å². The molecule has 0 bridgehead atoms. The first-order chi connectivity index (χ1) is 13.6. The minimum Gasteiger partial charge on any atom is -0.489 e. The highest BCUT2D eigenvalue weighted by Gasteiger charge is 2.25. The van der Waals surface area contributed by atoms with Crippen LogP contribution in [0.2, 0.25) is 5.02 Å². The van der Waals surface area contributed by atoms with E-state index in [0.717, 1.165) is 0 Å². The molecule has 0 spiro atoms. The molecule has 1 aliphatic rings. The van der Waals surface area contributed by atoms with Crippen molar-refractivity contribution in [2.75, 3.05) is 33.4 Å². The van der Waals surface area contributed by atoms with E-state index in [4.69, 9.17) is 25.5 Å². The van der Waals surface area contributed by atoms with Crippen molar-refractivity contribution >= 4 is 23.4 Å². The Morgan fingerprint density at radius 1 is 1.25 bits per heavy atom. The smallest absolute Gasteiger partial charge is 0.257 e. The van der Waals surface area contributed by atoms with Gasteiger partial charge >= 0.3 is 0 Å². The number of methoxy groups -OCH3 is 1. The van der Waals surface area contributed by atoms with Gasteiger partial charge in [0.05, 0.1) is 23.5 Å². The lowest BCUT2D eigenvalue weighted by atomic mass is 10.1. The third-order valence-corrected chi connectivity index (χ3v) is 4.87. The quantitative estimate of drug-likeness (QED) is 0.715. The number of halogens is 1. The van der Waals surface area contributed by atoms with Crippen molar-refractivity contribution in [2.45, 2.75) is 18.9 Å². The number of ether oxygens (including phenoxy) is 2. The van der Waals surface area contributed by atoms with Crippen LogP contribution in [0.4, 0.5) is 0 Å². The van der Waals surface area contributed by atoms with Crippen LogP contribution in [0, 0.1) is 0 Å². The van der Waals surface area contributed by atoms with Gasteiger partial charge in [0.15, 0.2) is 0 Å². The van der Waals surface area contributed by atoms with Gasteiger partial charge in [-0.25, -0.2) is 0 Å². The van der Waals surface area contributed by atoms with Gasteiger partial charge in [0.2, 0.25) is 0 Å². The largest absolute Gasteiger partial charge is 0.489 e. The SMILES string of the molecule is COCCNC(=O)c1ccc(OC2CCN(C(=O)c3ccoc3)CC2)c(Cl)c1. The molecule has 1 aliphatic heterocycles. The van der Waals surface area contributed by atoms with E-state index in [0.29, 0.717) is 61.0 Å². The molecule has 150 valence electrons. The molecule has 0 aliphatic carbocycles. The average Bonchev–Trinajstić information content (AvgIpc) is 3.24. The fourth-order valence-electron chi connectivity index (χ4n) is 3.03. The lowest BCUT2D eigenvalue weighted by Crippen LogP contribution is -2.41. The number of carbonyl (C=O) groups is 2. The summed E-state index contributed by atoms with van der Waals surface area (Å²) in [5.41, 5.74) is 1.02. The molecule has 3 rings (SSSR count). The molecular formula is C20H23ClN2O5. The molecule has 1 N–H and O–H groups in total. The first-order valence-electron chi connectivity index (χ1n) is 9.13. The zero-order valence-electron chi connectivity index (χ0n) is 15.7. The summed E-state index contributed by atoms with van der Waals surface area (Å²) in [5.74, 6) is 0.292. The zero-order chi connectivity index (χ0) is 19.9. The molecule has 2 heterocycles. The zero-order valence-corrected chi connectivity index (χ0v) is 16.4. The van der Waals surface area contributed by atoms with Gasteiger partial charge in [-0.3, -0.25) is 9.59 Å². The molecular weight excluding hydrogens is 384 g/mol. The normalized spacial score (nSPS) is 14.7. The molecule has 0 unspecified atom stereocenters. The van der Waals surface area contributed by atoms with Crippen LogP contribution in [-0.2, 0) is 4.74 Å². The van der Waals surface area contributed by atoms with Gasteiger partial charge in [-0.05, 0) is 24.3 Å². The van der Waals surface area contributed by atoms with Crippen molar-refractivity contribution in [3.8, 4) is 5.75 Å². The molecule has 0 saturated carbocycles. The Balaban J connectivity index is 1.52. The number of furan rings is 1. The van der Waals surface area contributed by atoms with Crippen molar-refractivity contribution in [1.82, 2.24) is 10.2 Å². The molecule has 1 saturated heterocycles. The number of piperidine rings is 1. The second-order valence-corrected chi connectivity index (χ2v) is 6.92. The Morgan fingerprint density at radius 2 is 2.04 bits per heavy atom. The monoisotopic (exact) mass is 406 g/mol. The van der Waals surface area contributed by atoms with Crippen LogP contribution < -0.4 is 10.1 Å². The molecule has 28 heavy (non-hydrogen) atoms. The molecule has 0 radical (unpaired) electrons. The van der Waals surface area contributed by atoms with Crippen molar-refractivity contribution in [3.05, 3.63) is 52.9 Å². The number of amides is 2. The first-order valence-corrected chi connectivity index (χ1v) is 9.51. The van der Waals surface area contributed by atoms with Gasteiger partial charge in [0.25, 0.3) is 11.8 Å². The molecule has 1 aromatic heterocycles. The Labute approximate surface area is 168 Å². The van der Waals surface area contributed by atoms with Gasteiger partial charge in [-0.2, -0.15) is 0 Å². The Kier molecular flexibility index (Phi) is 6.95. The van der Waals surface area contributed by atoms with E-state index < -0.39 is 0 Å². The Bertz CT molecular complexity index is 801. The maximum Gasteiger partial charge on any atom is 0.257 e. The average molecular weight is 407 g/mol. The van der Waals surface area contributed by atoms with Crippen molar-refractivity contribution in [3.63, 3.8) is 0 Å². The van der Waals surface area contributed by atoms with Crippen molar-refractivity contribution in [1.29, 1.82) is 0 Å². The first kappa shape index (κ1) is 20.2. The number of rotatable bonds is 7. The fraction of sp³-hybridized carbons (Fsp3) is 0.400. The van der Waals surface area contributed by atoms with Crippen LogP contribution in [0.15, 0.2) is 41.2 Å². The standard InChI is InChI=1S/C20H23ClN2O5/c1-26-11-7-22-19(24)14-2-3-18(17(21)12-14)28-16-4-8-23(9-5-16)20(25)15-6-10-27-13-15/h2-3,6,10,12-13,16H,4-5,7-9,11H2,1H3,(H,22,24). The third-order valence-electron chi connectivity index (χ3n) is 4.58. The summed E-state index contributed by atoms with van der Waals surface area (Å²) >= 11 is 6.30. The van der Waals surface area contributed by atoms with E-state index in [-0.39, 0.29) is 17.9 Å². The van der Waals surface area contributed by atoms with Crippen LogP contribution in [0.5, 0.6) is 5.75 Å². The number of nitrogens with one attached hydrogen (secondary N) is 1. The number of hydrogen-bond donors (Lipinski definition) is 1. The lowest BCUT2D eigenvalue weighted by molar-refractivity contribution is 0.0595. The van der Waals surface area contributed by atoms with Crippen molar-refractivity contribution < 1.29 is 23.5 Å². The number of hydrogen-bond acceptors (Lipinski definition) is 5. The minimum atomic E-state index is -0.212. The summed E-state index contributed by atoms with van der Waals surface area (Å²) in [5, 5.41) is 3.13. The molecule has 0 atom stereocenters. The highest BCUT2D eigenvalue weighted by Crippen LogP contribution is 2.28. The minimum absolute atomic E-state index is 0.0333. The maximum absolute atomic E-state index is 12.3. The van der Waals surface area contributed by atoms with Crippen LogP contribution in [0.1, 0.15) is 33.6 Å². The molecule has 1 aromatic carbocycles. The predicted molar refractivity (Wildman–Crippen MR) is 104 cm³/mol. The number of likely N-dealkylation sites (tertiary alicyclic amines) is 1. The van der Waals surface area contributed by atoms with Crippen LogP contribution in [0.25, 0.3) is 0 Å². The summed E-state index contributed by atoms with van der Waals surface area (Å²) in [6, 6.07) is 6.64. The third kappa shape index (κ3) is 5.05. The topological polar surface area (TPSA) is 81.0 Å². The van der Waals surface area contributed by atoms with Crippen molar-refractivity contribution in [2.24, 2.45) is 0 Å². The number of benzene rings is 1. The van der Waals surface area contributed by atoms with E-state index in [1.54, 1.807) is 36.3 Å². The predicted octanol–water partition coefficient (Wildman–Crippen LogP) is 2.99. The maximum atomic E-state index is 12.3. The summed E-state index contributed by atoms with van der Waals surface area (Å²) in [7, 11) is 1.58. The van der Waals surface area contributed by atoms with E-state index in [2.05, 4.69) is 5.32 Å². The van der Waals surface area contributed by atoms with E-state index >= 15 is 0 Å². The number of carbonyl (C=O) groups excluding carboxylic acids is 2. The second-order valence-electron chi connectivity index (χ2n) is 6.52. The Hall–Kier alpha value is -2.51. The summed E-state index contributed by atoms with van der Waals surface area (Å²) < 4.78 is 15.9. The van der Waals surface area contributed by atoms with E-state index in [1.165, 1.54) is 12.5 Å². The lowest BCUT2D eigenvalue weighted by Gasteiger charge is -2.32. The number of nitrogens with zero attached hydrogens (tertiary/aromatic N) is 1. The molecule has 7 nitrogen and oxygen atoms in total. The summed E-state index contributed by atoms with van der Waals surface area (Å²) in [4.78, 5) is 26.2. The van der Waals surface area contributed by atoms with E-state index in [9.17, 15) is 9.59 Å². The summed E-state index contributed by atoms with van der Waals surface area (Å²) in [6.07, 6.45) is 4.33. The highest BCUT2D eigenvalue weighted by atomic mass is 35.5. The highest BCUT2D eigenvalue weighted by molar-refractivity contribution is 6.32. The van der Waals surface area contributed by atoms with Gasteiger partial charge in [-0.1, -0.05) is 11.6 Å². The van der Waals surface area contributed by atoms with Gasteiger partial charge in [-0.15, -0.1) is 0 Å².